The molecule has 92 valence electrons. The lowest BCUT2D eigenvalue weighted by atomic mass is 10.3. The van der Waals surface area contributed by atoms with Crippen LogP contribution in [0.5, 0.6) is 0 Å². The normalized spacial score (nSPS) is 12.1. The number of nitro groups is 1. The van der Waals surface area contributed by atoms with Crippen LogP contribution in [0.4, 0.5) is 5.69 Å². The van der Waals surface area contributed by atoms with Crippen LogP contribution < -0.4 is 16.3 Å². The fourth-order valence-electron chi connectivity index (χ4n) is 1.80. The van der Waals surface area contributed by atoms with Crippen molar-refractivity contribution < 1.29 is 4.92 Å². The highest BCUT2D eigenvalue weighted by atomic mass is 31.1. The number of nitrogens with zero attached hydrogens (tertiary/aromatic N) is 1. The van der Waals surface area contributed by atoms with Gasteiger partial charge in [-0.15, -0.1) is 0 Å². The average molecular weight is 260 g/mol. The number of nitro benzene ring substituents is 1. The number of nitrogens with two attached hydrogens (primary N) is 1. The van der Waals surface area contributed by atoms with Crippen LogP contribution in [-0.2, 0) is 0 Å². The van der Waals surface area contributed by atoms with Gasteiger partial charge < -0.3 is 5.73 Å². The molecule has 0 heterocycles. The number of hydrogen-bond donors (Lipinski definition) is 1. The van der Waals surface area contributed by atoms with Gasteiger partial charge in [0.2, 0.25) is 0 Å². The smallest absolute Gasteiger partial charge is 0.277 e. The highest BCUT2D eigenvalue weighted by Crippen LogP contribution is 2.34. The minimum atomic E-state index is -0.866. The van der Waals surface area contributed by atoms with Gasteiger partial charge in [0.1, 0.15) is 0 Å². The van der Waals surface area contributed by atoms with Crippen LogP contribution in [0, 0.1) is 10.1 Å². The summed E-state index contributed by atoms with van der Waals surface area (Å²) < 4.78 is 0. The molecular weight excluding hydrogens is 247 g/mol. The Bertz CT molecular complexity index is 546. The molecule has 0 spiro atoms. The minimum Gasteiger partial charge on any atom is -0.326 e. The summed E-state index contributed by atoms with van der Waals surface area (Å²) in [6.07, 6.45) is 0.407. The fraction of sp³-hybridized carbons (Fsp3) is 0.0769. The molecule has 0 amide bonds. The lowest BCUT2D eigenvalue weighted by Gasteiger charge is -2.16. The maximum Gasteiger partial charge on any atom is 0.277 e. The van der Waals surface area contributed by atoms with Crippen molar-refractivity contribution in [3.8, 4) is 0 Å². The number of para-hydroxylation sites is 1. The molecule has 0 saturated heterocycles. The Morgan fingerprint density at radius 2 is 1.67 bits per heavy atom. The minimum absolute atomic E-state index is 0.151. The van der Waals surface area contributed by atoms with Crippen molar-refractivity contribution in [2.24, 2.45) is 5.73 Å². The molecule has 2 rings (SSSR count). The quantitative estimate of drug-likeness (QED) is 0.519. The van der Waals surface area contributed by atoms with E-state index in [-0.39, 0.29) is 10.6 Å². The van der Waals surface area contributed by atoms with Crippen molar-refractivity contribution in [3.05, 3.63) is 64.7 Å². The van der Waals surface area contributed by atoms with E-state index in [4.69, 9.17) is 5.73 Å². The standard InChI is InChI=1S/C13H13N2O2P/c14-10-18(11-6-2-1-3-7-11)13-9-5-4-8-12(13)15(16)17/h1-9H,10,14H2. The second-order valence-corrected chi connectivity index (χ2v) is 5.91. The SMILES string of the molecule is NCP(c1ccccc1)c1ccccc1[N+](=O)[O-]. The second kappa shape index (κ2) is 5.71. The van der Waals surface area contributed by atoms with Crippen LogP contribution in [0.25, 0.3) is 0 Å². The first-order chi connectivity index (χ1) is 8.74. The molecule has 1 unspecified atom stereocenters. The van der Waals surface area contributed by atoms with Gasteiger partial charge in [-0.25, -0.2) is 0 Å². The molecule has 0 bridgehead atoms. The largest absolute Gasteiger partial charge is 0.326 e. The van der Waals surface area contributed by atoms with Gasteiger partial charge in [0.05, 0.1) is 10.2 Å². The summed E-state index contributed by atoms with van der Waals surface area (Å²) in [7, 11) is -0.866. The van der Waals surface area contributed by atoms with Crippen LogP contribution in [-0.4, -0.2) is 11.2 Å². The van der Waals surface area contributed by atoms with E-state index in [1.807, 2.05) is 36.4 Å². The molecule has 0 fully saturated rings. The molecule has 0 radical (unpaired) electrons. The average Bonchev–Trinajstić information content (AvgIpc) is 2.41. The van der Waals surface area contributed by atoms with Gasteiger partial charge in [0.25, 0.3) is 5.69 Å². The third-order valence-corrected chi connectivity index (χ3v) is 4.87. The van der Waals surface area contributed by atoms with E-state index in [1.54, 1.807) is 12.1 Å². The molecule has 2 aromatic carbocycles. The van der Waals surface area contributed by atoms with E-state index < -0.39 is 7.92 Å². The maximum absolute atomic E-state index is 11.0. The first-order valence-corrected chi connectivity index (χ1v) is 7.03. The molecule has 4 nitrogen and oxygen atoms in total. The fourth-order valence-corrected chi connectivity index (χ4v) is 3.71. The van der Waals surface area contributed by atoms with E-state index in [1.165, 1.54) is 6.07 Å². The van der Waals surface area contributed by atoms with Gasteiger partial charge in [-0.05, 0) is 19.3 Å². The summed E-state index contributed by atoms with van der Waals surface area (Å²) in [5.74, 6) is 0. The Balaban J connectivity index is 2.49. The van der Waals surface area contributed by atoms with Crippen molar-refractivity contribution >= 4 is 24.2 Å². The predicted octanol–water partition coefficient (Wildman–Crippen LogP) is 1.94. The van der Waals surface area contributed by atoms with E-state index >= 15 is 0 Å². The van der Waals surface area contributed by atoms with Gasteiger partial charge in [0.15, 0.2) is 0 Å². The number of rotatable bonds is 4. The van der Waals surface area contributed by atoms with Crippen molar-refractivity contribution in [2.45, 2.75) is 0 Å². The first kappa shape index (κ1) is 12.7. The Labute approximate surface area is 106 Å². The third-order valence-electron chi connectivity index (χ3n) is 2.62. The molecule has 0 aromatic heterocycles. The van der Waals surface area contributed by atoms with Crippen molar-refractivity contribution in [3.63, 3.8) is 0 Å². The van der Waals surface area contributed by atoms with E-state index in [2.05, 4.69) is 0 Å². The lowest BCUT2D eigenvalue weighted by Crippen LogP contribution is -2.20. The van der Waals surface area contributed by atoms with E-state index in [0.717, 1.165) is 10.6 Å². The Morgan fingerprint density at radius 3 is 2.28 bits per heavy atom. The highest BCUT2D eigenvalue weighted by molar-refractivity contribution is 7.73. The molecule has 2 aromatic rings. The summed E-state index contributed by atoms with van der Waals surface area (Å²) in [5, 5.41) is 12.8. The monoisotopic (exact) mass is 260 g/mol. The molecule has 1 atom stereocenters. The second-order valence-electron chi connectivity index (χ2n) is 3.69. The molecule has 2 N–H and O–H groups in total. The topological polar surface area (TPSA) is 69.2 Å². The zero-order chi connectivity index (χ0) is 13.0. The summed E-state index contributed by atoms with van der Waals surface area (Å²) >= 11 is 0. The lowest BCUT2D eigenvalue weighted by molar-refractivity contribution is -0.383. The van der Waals surface area contributed by atoms with Crippen LogP contribution in [0.1, 0.15) is 0 Å². The van der Waals surface area contributed by atoms with Crippen molar-refractivity contribution in [2.75, 3.05) is 6.29 Å². The van der Waals surface area contributed by atoms with Crippen LogP contribution in [0.3, 0.4) is 0 Å². The molecular formula is C13H13N2O2P. The number of hydrogen-bond acceptors (Lipinski definition) is 3. The van der Waals surface area contributed by atoms with Gasteiger partial charge in [-0.2, -0.15) is 0 Å². The van der Waals surface area contributed by atoms with Crippen molar-refractivity contribution in [1.82, 2.24) is 0 Å². The molecule has 0 aliphatic heterocycles. The van der Waals surface area contributed by atoms with Crippen LogP contribution in [0.2, 0.25) is 0 Å². The number of benzene rings is 2. The van der Waals surface area contributed by atoms with Gasteiger partial charge in [-0.3, -0.25) is 10.1 Å². The zero-order valence-corrected chi connectivity index (χ0v) is 10.6. The van der Waals surface area contributed by atoms with Crippen LogP contribution >= 0.6 is 7.92 Å². The Morgan fingerprint density at radius 1 is 1.06 bits per heavy atom. The summed E-state index contributed by atoms with van der Waals surface area (Å²) in [4.78, 5) is 10.7. The summed E-state index contributed by atoms with van der Waals surface area (Å²) in [5.41, 5.74) is 5.96. The molecule has 0 aliphatic carbocycles. The van der Waals surface area contributed by atoms with Gasteiger partial charge in [0, 0.05) is 12.4 Å². The summed E-state index contributed by atoms with van der Waals surface area (Å²) in [6.45, 7) is 0. The van der Waals surface area contributed by atoms with Crippen molar-refractivity contribution in [1.29, 1.82) is 0 Å². The zero-order valence-electron chi connectivity index (χ0n) is 9.69. The van der Waals surface area contributed by atoms with Gasteiger partial charge in [-0.1, -0.05) is 42.5 Å². The Kier molecular flexibility index (Phi) is 4.03. The maximum atomic E-state index is 11.0. The molecule has 0 saturated carbocycles. The predicted molar refractivity (Wildman–Crippen MR) is 74.8 cm³/mol. The van der Waals surface area contributed by atoms with Crippen LogP contribution in [0.15, 0.2) is 54.6 Å². The van der Waals surface area contributed by atoms with E-state index in [9.17, 15) is 10.1 Å². The summed E-state index contributed by atoms with van der Waals surface area (Å²) in [6, 6.07) is 16.5. The molecule has 5 heteroatoms. The Hall–Kier alpha value is -1.77. The molecule has 18 heavy (non-hydrogen) atoms. The third kappa shape index (κ3) is 2.55. The highest BCUT2D eigenvalue weighted by Gasteiger charge is 2.21. The van der Waals surface area contributed by atoms with E-state index in [0.29, 0.717) is 6.29 Å². The van der Waals surface area contributed by atoms with Gasteiger partial charge >= 0.3 is 0 Å². The first-order valence-electron chi connectivity index (χ1n) is 5.50. The molecule has 0 aliphatic rings.